The van der Waals surface area contributed by atoms with Gasteiger partial charge in [-0.15, -0.1) is 24.0 Å². The molecule has 25 heavy (non-hydrogen) atoms. The number of hydrogen-bond acceptors (Lipinski definition) is 2. The molecule has 0 bridgehead atoms. The van der Waals surface area contributed by atoms with Gasteiger partial charge in [0, 0.05) is 12.1 Å². The Balaban J connectivity index is 0.00000576. The molecule has 0 spiro atoms. The van der Waals surface area contributed by atoms with Crippen LogP contribution < -0.4 is 22.1 Å². The second-order valence-corrected chi connectivity index (χ2v) is 6.13. The van der Waals surface area contributed by atoms with Crippen molar-refractivity contribution in [2.24, 2.45) is 21.5 Å². The van der Waals surface area contributed by atoms with Crippen LogP contribution in [0.1, 0.15) is 51.7 Å². The molecule has 0 amide bonds. The van der Waals surface area contributed by atoms with Gasteiger partial charge in [0.15, 0.2) is 11.9 Å². The molecule has 0 saturated carbocycles. The number of rotatable bonds is 8. The molecule has 1 aromatic rings. The molecule has 0 radical (unpaired) electrons. The van der Waals surface area contributed by atoms with E-state index in [1.54, 1.807) is 0 Å². The normalized spacial score (nSPS) is 14.4. The fourth-order valence-corrected chi connectivity index (χ4v) is 1.98. The van der Waals surface area contributed by atoms with Crippen molar-refractivity contribution in [1.82, 2.24) is 10.6 Å². The minimum absolute atomic E-state index is 0. The third-order valence-corrected chi connectivity index (χ3v) is 3.87. The largest absolute Gasteiger partial charge is 0.370 e. The van der Waals surface area contributed by atoms with E-state index >= 15 is 0 Å². The third kappa shape index (κ3) is 10.2. The number of aliphatic imine (C=N–C) groups is 2. The first-order valence-corrected chi connectivity index (χ1v) is 8.65. The molecule has 142 valence electrons. The Bertz CT molecular complexity index is 513. The van der Waals surface area contributed by atoms with Gasteiger partial charge in [-0.3, -0.25) is 0 Å². The maximum absolute atomic E-state index is 5.89. The monoisotopic (exact) mass is 460 g/mol. The van der Waals surface area contributed by atoms with Gasteiger partial charge in [0.1, 0.15) is 0 Å². The van der Waals surface area contributed by atoms with E-state index in [1.165, 1.54) is 0 Å². The summed E-state index contributed by atoms with van der Waals surface area (Å²) in [7, 11) is 0. The van der Waals surface area contributed by atoms with Crippen molar-refractivity contribution in [2.45, 2.75) is 65.7 Å². The van der Waals surface area contributed by atoms with Crippen molar-refractivity contribution >= 4 is 35.9 Å². The highest BCUT2D eigenvalue weighted by Crippen LogP contribution is 2.08. The predicted octanol–water partition coefficient (Wildman–Crippen LogP) is 2.71. The predicted molar refractivity (Wildman–Crippen MR) is 118 cm³/mol. The van der Waals surface area contributed by atoms with E-state index in [4.69, 9.17) is 11.5 Å². The first-order chi connectivity index (χ1) is 11.4. The van der Waals surface area contributed by atoms with Crippen molar-refractivity contribution < 1.29 is 0 Å². The van der Waals surface area contributed by atoms with Crippen LogP contribution in [0.4, 0.5) is 0 Å². The van der Waals surface area contributed by atoms with E-state index in [0.29, 0.717) is 37.1 Å². The third-order valence-electron chi connectivity index (χ3n) is 3.87. The summed E-state index contributed by atoms with van der Waals surface area (Å²) < 4.78 is 0. The average molecular weight is 460 g/mol. The number of benzene rings is 1. The second kappa shape index (κ2) is 12.8. The van der Waals surface area contributed by atoms with Gasteiger partial charge in [-0.25, -0.2) is 9.98 Å². The topological polar surface area (TPSA) is 101 Å². The van der Waals surface area contributed by atoms with Crippen molar-refractivity contribution in [1.29, 1.82) is 0 Å². The number of halogens is 1. The Morgan fingerprint density at radius 3 is 1.68 bits per heavy atom. The summed E-state index contributed by atoms with van der Waals surface area (Å²) in [6.45, 7) is 9.48. The summed E-state index contributed by atoms with van der Waals surface area (Å²) in [4.78, 5) is 8.76. The zero-order valence-corrected chi connectivity index (χ0v) is 18.1. The Morgan fingerprint density at radius 2 is 1.32 bits per heavy atom. The molecule has 0 aliphatic rings. The first kappa shape index (κ1) is 23.5. The number of nitrogens with two attached hydrogens (primary N) is 2. The molecule has 0 aliphatic carbocycles. The molecule has 1 aromatic carbocycles. The zero-order valence-electron chi connectivity index (χ0n) is 15.7. The summed E-state index contributed by atoms with van der Waals surface area (Å²) in [6.07, 6.45) is 2.02. The molecule has 7 heteroatoms. The Labute approximate surface area is 169 Å². The summed E-state index contributed by atoms with van der Waals surface area (Å²) in [5, 5.41) is 6.32. The van der Waals surface area contributed by atoms with Crippen molar-refractivity contribution in [2.75, 3.05) is 0 Å². The van der Waals surface area contributed by atoms with Gasteiger partial charge in [0.2, 0.25) is 0 Å². The van der Waals surface area contributed by atoms with Crippen LogP contribution in [0.2, 0.25) is 0 Å². The molecule has 0 fully saturated rings. The van der Waals surface area contributed by atoms with Gasteiger partial charge in [-0.2, -0.15) is 0 Å². The van der Waals surface area contributed by atoms with Crippen LogP contribution in [0.15, 0.2) is 34.3 Å². The van der Waals surface area contributed by atoms with Crippen LogP contribution in [-0.2, 0) is 13.1 Å². The molecular weight excluding hydrogens is 427 g/mol. The van der Waals surface area contributed by atoms with Crippen molar-refractivity contribution in [3.8, 4) is 0 Å². The number of nitrogens with one attached hydrogen (secondary N) is 2. The quantitative estimate of drug-likeness (QED) is 0.272. The van der Waals surface area contributed by atoms with Gasteiger partial charge >= 0.3 is 0 Å². The summed E-state index contributed by atoms with van der Waals surface area (Å²) >= 11 is 0. The fourth-order valence-electron chi connectivity index (χ4n) is 1.98. The van der Waals surface area contributed by atoms with Crippen LogP contribution in [0, 0.1) is 0 Å². The maximum atomic E-state index is 5.89. The Morgan fingerprint density at radius 1 is 0.920 bits per heavy atom. The highest BCUT2D eigenvalue weighted by molar-refractivity contribution is 14.0. The Kier molecular flexibility index (Phi) is 12.0. The maximum Gasteiger partial charge on any atom is 0.189 e. The van der Waals surface area contributed by atoms with E-state index < -0.39 is 0 Å². The lowest BCUT2D eigenvalue weighted by atomic mass is 10.1. The SMILES string of the molecule is CCC(C)NC(N)=NCc1cccc(CN=C(N)NC(C)CC)c1.I. The minimum Gasteiger partial charge on any atom is -0.370 e. The molecule has 6 nitrogen and oxygen atoms in total. The summed E-state index contributed by atoms with van der Waals surface area (Å²) in [5.41, 5.74) is 14.0. The highest BCUT2D eigenvalue weighted by atomic mass is 127. The smallest absolute Gasteiger partial charge is 0.189 e. The van der Waals surface area contributed by atoms with Crippen LogP contribution in [0.5, 0.6) is 0 Å². The van der Waals surface area contributed by atoms with E-state index in [9.17, 15) is 0 Å². The number of nitrogens with zero attached hydrogens (tertiary/aromatic N) is 2. The van der Waals surface area contributed by atoms with Gasteiger partial charge in [-0.05, 0) is 37.8 Å². The lowest BCUT2D eigenvalue weighted by Gasteiger charge is -2.12. The molecule has 0 aliphatic heterocycles. The van der Waals surface area contributed by atoms with E-state index in [0.717, 1.165) is 24.0 Å². The summed E-state index contributed by atoms with van der Waals surface area (Å²) in [5.74, 6) is 0.963. The molecule has 2 atom stereocenters. The minimum atomic E-state index is 0. The first-order valence-electron chi connectivity index (χ1n) is 8.65. The van der Waals surface area contributed by atoms with Crippen molar-refractivity contribution in [3.63, 3.8) is 0 Å². The van der Waals surface area contributed by atoms with Crippen LogP contribution in [0.3, 0.4) is 0 Å². The lowest BCUT2D eigenvalue weighted by molar-refractivity contribution is 0.636. The molecule has 1 rings (SSSR count). The van der Waals surface area contributed by atoms with Gasteiger partial charge in [0.05, 0.1) is 13.1 Å². The van der Waals surface area contributed by atoms with Crippen LogP contribution in [0.25, 0.3) is 0 Å². The molecule has 0 aromatic heterocycles. The van der Waals surface area contributed by atoms with Gasteiger partial charge < -0.3 is 22.1 Å². The number of hydrogen-bond donors (Lipinski definition) is 4. The van der Waals surface area contributed by atoms with E-state index in [-0.39, 0.29) is 24.0 Å². The second-order valence-electron chi connectivity index (χ2n) is 6.13. The van der Waals surface area contributed by atoms with Crippen LogP contribution >= 0.6 is 24.0 Å². The van der Waals surface area contributed by atoms with E-state index in [1.807, 2.05) is 18.2 Å². The van der Waals surface area contributed by atoms with Gasteiger partial charge in [0.25, 0.3) is 0 Å². The number of guanidine groups is 2. The summed E-state index contributed by atoms with van der Waals surface area (Å²) in [6, 6.07) is 8.82. The fraction of sp³-hybridized carbons (Fsp3) is 0.556. The average Bonchev–Trinajstić information content (AvgIpc) is 2.58. The molecule has 0 heterocycles. The Hall–Kier alpha value is -1.51. The molecular formula is C18H33IN6. The van der Waals surface area contributed by atoms with Crippen LogP contribution in [-0.4, -0.2) is 24.0 Å². The zero-order chi connectivity index (χ0) is 17.9. The standard InChI is InChI=1S/C18H32N6.HI/c1-5-13(3)23-17(19)21-11-15-8-7-9-16(10-15)12-22-18(20)24-14(4)6-2;/h7-10,13-14H,5-6,11-12H2,1-4H3,(H3,19,21,23)(H3,20,22,24);1H. The van der Waals surface area contributed by atoms with Crippen molar-refractivity contribution in [3.05, 3.63) is 35.4 Å². The molecule has 2 unspecified atom stereocenters. The van der Waals surface area contributed by atoms with Gasteiger partial charge in [-0.1, -0.05) is 38.1 Å². The molecule has 6 N–H and O–H groups in total. The highest BCUT2D eigenvalue weighted by Gasteiger charge is 2.01. The lowest BCUT2D eigenvalue weighted by Crippen LogP contribution is -2.38. The molecule has 0 saturated heterocycles. The van der Waals surface area contributed by atoms with E-state index in [2.05, 4.69) is 54.4 Å².